The van der Waals surface area contributed by atoms with Crippen LogP contribution < -0.4 is 22.4 Å². The Kier molecular flexibility index (Phi) is 19.3. The Morgan fingerprint density at radius 1 is 0.438 bits per heavy atom. The van der Waals surface area contributed by atoms with Crippen LogP contribution in [-0.2, 0) is 53.3 Å². The molecular weight excluding hydrogens is 1390 g/mol. The van der Waals surface area contributed by atoms with Crippen molar-refractivity contribution in [1.82, 2.24) is 104 Å². The molecule has 0 atom stereocenters. The van der Waals surface area contributed by atoms with Crippen molar-refractivity contribution in [3.05, 3.63) is 265 Å². The summed E-state index contributed by atoms with van der Waals surface area (Å²) in [5.74, 6) is -7.94. The maximum Gasteiger partial charge on any atom is 0.308 e. The molecule has 15 rings (SSSR count). The number of carbonyl (C=O) groups excluding carboxylic acids is 1. The number of aromatic nitrogens is 21. The first kappa shape index (κ1) is 68.7. The molecule has 105 heavy (non-hydrogen) atoms. The number of rotatable bonds is 21. The number of primary amides is 1. The molecule has 0 aliphatic rings. The predicted molar refractivity (Wildman–Crippen MR) is 348 cm³/mol. The third-order valence-corrected chi connectivity index (χ3v) is 15.3. The number of nitrogens with two attached hydrogens (primary N) is 1. The molecule has 0 radical (unpaired) electrons. The second kappa shape index (κ2) is 29.6. The summed E-state index contributed by atoms with van der Waals surface area (Å²) in [6.07, 6.45) is 8.99. The van der Waals surface area contributed by atoms with E-state index < -0.39 is 88.1 Å². The number of benzene rings is 3. The smallest absolute Gasteiger partial charge is 0.308 e. The number of carboxylic acids is 2. The molecule has 0 bridgehead atoms. The van der Waals surface area contributed by atoms with Gasteiger partial charge in [-0.1, -0.05) is 70.1 Å². The largest absolute Gasteiger partial charge is 0.481 e. The quantitative estimate of drug-likeness (QED) is 0.0408. The minimum absolute atomic E-state index is 0.00719. The number of nitrogens with one attached hydrogen (secondary N) is 3. The number of carboxylic acid groups (broad SMARTS) is 2. The molecular formula is C66H46F6N22O11. The zero-order valence-corrected chi connectivity index (χ0v) is 53.3. The highest BCUT2D eigenvalue weighted by atomic mass is 19.1. The lowest BCUT2D eigenvalue weighted by Gasteiger charge is -2.06. The van der Waals surface area contributed by atoms with E-state index in [0.29, 0.717) is 50.9 Å². The number of amides is 1. The molecule has 7 N–H and O–H groups in total. The highest BCUT2D eigenvalue weighted by molar-refractivity contribution is 5.76. The van der Waals surface area contributed by atoms with E-state index in [0.717, 1.165) is 38.8 Å². The Bertz CT molecular complexity index is 5640. The molecule has 0 unspecified atom stereocenters. The topological polar surface area (TPSA) is 440 Å². The number of aliphatic carboxylic acids is 2. The van der Waals surface area contributed by atoms with Crippen LogP contribution in [0, 0.1) is 34.9 Å². The number of hydrogen-bond donors (Lipinski definition) is 6. The molecule has 0 aliphatic heterocycles. The van der Waals surface area contributed by atoms with Gasteiger partial charge in [0.1, 0.15) is 70.4 Å². The van der Waals surface area contributed by atoms with Crippen LogP contribution in [0.1, 0.15) is 33.4 Å². The van der Waals surface area contributed by atoms with Gasteiger partial charge in [-0.2, -0.15) is 20.0 Å². The molecule has 12 aromatic heterocycles. The van der Waals surface area contributed by atoms with Gasteiger partial charge in [-0.15, -0.1) is 0 Å². The molecule has 0 saturated heterocycles. The molecule has 0 spiro atoms. The molecule has 1 amide bonds. The lowest BCUT2D eigenvalue weighted by Crippen LogP contribution is -2.21. The van der Waals surface area contributed by atoms with Gasteiger partial charge in [0.05, 0.1) is 74.6 Å². The van der Waals surface area contributed by atoms with Gasteiger partial charge < -0.3 is 29.5 Å². The maximum absolute atomic E-state index is 14.6. The van der Waals surface area contributed by atoms with Gasteiger partial charge in [0.2, 0.25) is 5.91 Å². The fourth-order valence-electron chi connectivity index (χ4n) is 10.4. The molecule has 12 heterocycles. The molecule has 39 heteroatoms. The van der Waals surface area contributed by atoms with E-state index in [2.05, 4.69) is 76.0 Å². The van der Waals surface area contributed by atoms with Crippen LogP contribution in [0.4, 0.5) is 26.3 Å². The first-order chi connectivity index (χ1) is 50.7. The Morgan fingerprint density at radius 3 is 1.14 bits per heavy atom. The summed E-state index contributed by atoms with van der Waals surface area (Å²) in [5, 5.41) is 50.3. The van der Waals surface area contributed by atoms with Gasteiger partial charge in [-0.3, -0.25) is 58.1 Å². The fourth-order valence-corrected chi connectivity index (χ4v) is 10.4. The van der Waals surface area contributed by atoms with Crippen LogP contribution in [0.2, 0.25) is 0 Å². The van der Waals surface area contributed by atoms with Gasteiger partial charge >= 0.3 is 11.9 Å². The van der Waals surface area contributed by atoms with Crippen molar-refractivity contribution in [2.24, 2.45) is 5.73 Å². The van der Waals surface area contributed by atoms with E-state index in [1.165, 1.54) is 63.4 Å². The lowest BCUT2D eigenvalue weighted by atomic mass is 10.2. The Labute approximate surface area is 579 Å². The number of halogens is 6. The molecule has 528 valence electrons. The van der Waals surface area contributed by atoms with E-state index in [1.807, 2.05) is 0 Å². The first-order valence-electron chi connectivity index (χ1n) is 30.6. The van der Waals surface area contributed by atoms with E-state index in [4.69, 9.17) is 29.5 Å². The number of nitrogens with zero attached hydrogens (tertiary/aromatic N) is 18. The monoisotopic (exact) mass is 1440 g/mol. The Balaban J connectivity index is 0.000000140. The molecule has 3 aromatic carbocycles. The van der Waals surface area contributed by atoms with Crippen LogP contribution in [0.25, 0.3) is 86.2 Å². The fraction of sp³-hybridized carbons (Fsp3) is 0.0909. The highest BCUT2D eigenvalue weighted by Crippen LogP contribution is 2.30. The summed E-state index contributed by atoms with van der Waals surface area (Å²) in [4.78, 5) is 94.2. The molecule has 0 fully saturated rings. The van der Waals surface area contributed by atoms with Gasteiger partial charge in [0.15, 0.2) is 52.4 Å². The number of hydrogen-bond acceptors (Lipinski definition) is 21. The summed E-state index contributed by atoms with van der Waals surface area (Å²) in [6.45, 7) is 0.189. The van der Waals surface area contributed by atoms with Gasteiger partial charge in [-0.05, 0) is 36.4 Å². The van der Waals surface area contributed by atoms with Gasteiger partial charge in [-0.25, -0.2) is 65.6 Å². The van der Waals surface area contributed by atoms with Crippen molar-refractivity contribution in [1.29, 1.82) is 0 Å². The molecule has 0 aliphatic carbocycles. The first-order valence-corrected chi connectivity index (χ1v) is 30.6. The van der Waals surface area contributed by atoms with Crippen molar-refractivity contribution in [2.45, 2.75) is 38.9 Å². The average Bonchev–Trinajstić information content (AvgIpc) is 1.74. The van der Waals surface area contributed by atoms with Crippen molar-refractivity contribution < 1.29 is 64.5 Å². The normalized spacial score (nSPS) is 11.1. The van der Waals surface area contributed by atoms with Crippen molar-refractivity contribution in [3.63, 3.8) is 0 Å². The summed E-state index contributed by atoms with van der Waals surface area (Å²) in [5.41, 5.74) is 7.53. The third kappa shape index (κ3) is 15.2. The summed E-state index contributed by atoms with van der Waals surface area (Å²) in [6, 6.07) is 28.3. The number of aromatic amines is 3. The standard InChI is InChI=1S/C22H16F2N8O3.2C22H15F2N7O4/c23-14-4-2-1-3-12(14)10-31-18(16-5-6-35-30-16)8-17(28-31)20-26-9-15(24)21(27-20)32-11-13(7-19(25)33)22(34)29-32;23-14-4-2-1-3-12(14)11-30-18(16-5-6-35-29-16)8-17(28-30)20-25-10-15(24)21(27-20)31-22(34)13(9-26-31)7-19(32)33;23-14-4-2-1-3-12(14)10-30-18(16-5-6-35-29-16)8-17(27-30)20-25-9-15(24)21(26-20)31-11-13(7-19(32)33)22(34)28-31/h1-6,8-9,11H,7,10H2,(H2,25,33)(H,29,34);1-6,8-10,26H,7,11H2,(H,32,33);1-6,8-9,11H,7,10H2,(H,28,34)(H,32,33). The van der Waals surface area contributed by atoms with Crippen molar-refractivity contribution >= 4 is 17.8 Å². The van der Waals surface area contributed by atoms with Gasteiger partial charge in [0, 0.05) is 70.2 Å². The summed E-state index contributed by atoms with van der Waals surface area (Å²) in [7, 11) is 0. The zero-order chi connectivity index (χ0) is 73.6. The Morgan fingerprint density at radius 2 is 0.790 bits per heavy atom. The molecule has 33 nitrogen and oxygen atoms in total. The van der Waals surface area contributed by atoms with E-state index in [1.54, 1.807) is 91.0 Å². The highest BCUT2D eigenvalue weighted by Gasteiger charge is 2.25. The van der Waals surface area contributed by atoms with Crippen LogP contribution in [-0.4, -0.2) is 132 Å². The Hall–Kier alpha value is -14.8. The van der Waals surface area contributed by atoms with E-state index >= 15 is 0 Å². The molecule has 15 aromatic rings. The zero-order valence-electron chi connectivity index (χ0n) is 53.3. The van der Waals surface area contributed by atoms with Crippen LogP contribution in [0.5, 0.6) is 0 Å². The summed E-state index contributed by atoms with van der Waals surface area (Å²) < 4.78 is 109. The van der Waals surface area contributed by atoms with Crippen molar-refractivity contribution in [2.75, 3.05) is 0 Å². The number of H-pyrrole nitrogens is 3. The summed E-state index contributed by atoms with van der Waals surface area (Å²) >= 11 is 0. The average molecular weight is 1440 g/mol. The minimum Gasteiger partial charge on any atom is -0.481 e. The van der Waals surface area contributed by atoms with Crippen molar-refractivity contribution in [3.8, 4) is 86.2 Å². The SMILES string of the molecule is NC(=O)Cc1cn(-c2nc(-c3cc(-c4ccon4)n(Cc4ccccc4F)n3)ncc2F)[nH]c1=O.O=C(O)Cc1c[nH]n(-c2nc(-c3cc(-c4ccon4)n(Cc4ccccc4F)n3)ncc2F)c1=O.O=C(O)Cc1cn(-c2nc(-c3cc(-c4ccon4)n(Cc4ccccc4F)n3)ncc2F)[nH]c1=O. The van der Waals surface area contributed by atoms with Crippen LogP contribution in [0.15, 0.2) is 193 Å². The lowest BCUT2D eigenvalue weighted by molar-refractivity contribution is -0.137. The second-order valence-corrected chi connectivity index (χ2v) is 22.4. The van der Waals surface area contributed by atoms with E-state index in [9.17, 15) is 55.1 Å². The maximum atomic E-state index is 14.6. The van der Waals surface area contributed by atoms with Crippen LogP contribution in [0.3, 0.4) is 0 Å². The third-order valence-electron chi connectivity index (χ3n) is 15.3. The number of carbonyl (C=O) groups is 3. The van der Waals surface area contributed by atoms with Gasteiger partial charge in [0.25, 0.3) is 16.7 Å². The second-order valence-electron chi connectivity index (χ2n) is 22.4. The van der Waals surface area contributed by atoms with Crippen LogP contribution >= 0.6 is 0 Å². The predicted octanol–water partition coefficient (Wildman–Crippen LogP) is 6.68. The van der Waals surface area contributed by atoms with E-state index in [-0.39, 0.29) is 88.9 Å². The molecule has 0 saturated carbocycles. The minimum atomic E-state index is -1.21.